The lowest BCUT2D eigenvalue weighted by Crippen LogP contribution is -2.54. The van der Waals surface area contributed by atoms with Crippen molar-refractivity contribution in [1.82, 2.24) is 26.4 Å². The van der Waals surface area contributed by atoms with Crippen LogP contribution >= 0.6 is 0 Å². The SMILES string of the molecule is CCCCCCCCCCCCCC(=O)N[C@H]1CNN([C@@H]2C(=O)N[C@@H](C)C(=O)N[C@H](C(=O)O)Cc3ccc(OCCN)c(c3)-c3cc2ccc3OCCN)C1=O. The summed E-state index contributed by atoms with van der Waals surface area (Å²) in [7, 11) is 0. The number of amides is 4. The van der Waals surface area contributed by atoms with E-state index < -0.39 is 47.9 Å². The number of carbonyl (C=O) groups excluding carboxylic acids is 4. The molecule has 308 valence electrons. The summed E-state index contributed by atoms with van der Waals surface area (Å²) in [6.45, 7) is 4.50. The molecule has 4 amide bonds. The quantitative estimate of drug-likeness (QED) is 0.0911. The standard InChI is InChI=1S/C41H61N7O8/c1-3-4-5-6-7-8-9-10-11-12-13-14-36(49)46-33-26-44-48(40(33)52)37-29-16-18-35(56-22-20-43)31(25-29)30-23-28(15-17-34(30)55-21-19-42)24-32(41(53)54)47-38(50)27(2)45-39(37)51/h15-18,23,25,27,32-33,37,44H,3-14,19-22,24,26,42-43H2,1-2H3,(H,45,51)(H,46,49)(H,47,50)(H,53,54)/t27-,32-,33-,37-/m0/s1. The maximum absolute atomic E-state index is 14.2. The maximum atomic E-state index is 14.2. The number of hydrogen-bond donors (Lipinski definition) is 7. The first kappa shape index (κ1) is 44.0. The first-order chi connectivity index (χ1) is 27.1. The van der Waals surface area contributed by atoms with Gasteiger partial charge >= 0.3 is 5.97 Å². The summed E-state index contributed by atoms with van der Waals surface area (Å²) in [6.07, 6.45) is 13.0. The predicted octanol–water partition coefficient (Wildman–Crippen LogP) is 3.23. The maximum Gasteiger partial charge on any atom is 0.326 e. The van der Waals surface area contributed by atoms with Crippen LogP contribution in [0.5, 0.6) is 11.5 Å². The molecule has 2 aliphatic rings. The second kappa shape index (κ2) is 22.7. The van der Waals surface area contributed by atoms with Crippen molar-refractivity contribution in [3.05, 3.63) is 47.5 Å². The number of nitrogens with two attached hydrogens (primary N) is 2. The number of nitrogens with one attached hydrogen (secondary N) is 4. The highest BCUT2D eigenvalue weighted by molar-refractivity contribution is 5.96. The van der Waals surface area contributed by atoms with Gasteiger partial charge in [-0.1, -0.05) is 83.3 Å². The molecule has 0 spiro atoms. The van der Waals surface area contributed by atoms with Crippen LogP contribution in [0.15, 0.2) is 36.4 Å². The zero-order valence-electron chi connectivity index (χ0n) is 32.9. The summed E-state index contributed by atoms with van der Waals surface area (Å²) in [5, 5.41) is 19.2. The highest BCUT2D eigenvalue weighted by Gasteiger charge is 2.42. The first-order valence-electron chi connectivity index (χ1n) is 20.2. The molecule has 0 aliphatic carbocycles. The van der Waals surface area contributed by atoms with Gasteiger partial charge in [-0.15, -0.1) is 0 Å². The summed E-state index contributed by atoms with van der Waals surface area (Å²) in [6, 6.07) is 5.42. The molecule has 2 aromatic rings. The zero-order chi connectivity index (χ0) is 40.5. The molecule has 9 N–H and O–H groups in total. The Morgan fingerprint density at radius 2 is 1.41 bits per heavy atom. The number of hydrogen-bond acceptors (Lipinski definition) is 10. The number of carbonyl (C=O) groups is 5. The van der Waals surface area contributed by atoms with Crippen molar-refractivity contribution in [1.29, 1.82) is 0 Å². The normalized spacial score (nSPS) is 19.9. The summed E-state index contributed by atoms with van der Waals surface area (Å²) in [5.74, 6) is -2.63. The Labute approximate surface area is 329 Å². The molecule has 1 saturated heterocycles. The second-order valence-corrected chi connectivity index (χ2v) is 14.6. The van der Waals surface area contributed by atoms with Crippen molar-refractivity contribution in [3.8, 4) is 22.6 Å². The van der Waals surface area contributed by atoms with Gasteiger partial charge in [0.05, 0.1) is 0 Å². The van der Waals surface area contributed by atoms with Gasteiger partial charge in [0.25, 0.3) is 5.91 Å². The Kier molecular flexibility index (Phi) is 17.9. The van der Waals surface area contributed by atoms with Crippen LogP contribution in [0, 0.1) is 0 Å². The minimum absolute atomic E-state index is 0.0482. The van der Waals surface area contributed by atoms with Gasteiger partial charge in [0.15, 0.2) is 6.04 Å². The molecule has 0 unspecified atom stereocenters. The van der Waals surface area contributed by atoms with Crippen molar-refractivity contribution in [3.63, 3.8) is 0 Å². The lowest BCUT2D eigenvalue weighted by Gasteiger charge is -2.29. The molecule has 4 rings (SSSR count). The summed E-state index contributed by atoms with van der Waals surface area (Å²) in [4.78, 5) is 66.6. The Balaban J connectivity index is 1.57. The molecule has 15 nitrogen and oxygen atoms in total. The molecule has 15 heteroatoms. The Morgan fingerprint density at radius 3 is 2.02 bits per heavy atom. The number of rotatable bonds is 21. The summed E-state index contributed by atoms with van der Waals surface area (Å²) in [5.41, 5.74) is 16.5. The summed E-state index contributed by atoms with van der Waals surface area (Å²) >= 11 is 0. The van der Waals surface area contributed by atoms with E-state index in [0.29, 0.717) is 40.2 Å². The number of ether oxygens (including phenoxy) is 2. The van der Waals surface area contributed by atoms with Gasteiger partial charge in [-0.2, -0.15) is 0 Å². The van der Waals surface area contributed by atoms with E-state index in [1.54, 1.807) is 36.4 Å². The molecule has 4 atom stereocenters. The Morgan fingerprint density at radius 1 is 0.821 bits per heavy atom. The number of fused-ring (bicyclic) bond motifs is 5. The van der Waals surface area contributed by atoms with Crippen LogP contribution in [0.2, 0.25) is 0 Å². The molecule has 56 heavy (non-hydrogen) atoms. The average Bonchev–Trinajstić information content (AvgIpc) is 3.53. The molecule has 0 saturated carbocycles. The van der Waals surface area contributed by atoms with E-state index in [-0.39, 0.29) is 51.6 Å². The lowest BCUT2D eigenvalue weighted by molar-refractivity contribution is -0.143. The van der Waals surface area contributed by atoms with Crippen molar-refractivity contribution >= 4 is 29.6 Å². The van der Waals surface area contributed by atoms with Crippen LogP contribution in [0.3, 0.4) is 0 Å². The van der Waals surface area contributed by atoms with E-state index in [1.165, 1.54) is 56.9 Å². The molecular formula is C41H61N7O8. The third-order valence-electron chi connectivity index (χ3n) is 10.1. The highest BCUT2D eigenvalue weighted by Crippen LogP contribution is 2.40. The number of carboxylic acid groups (broad SMARTS) is 1. The smallest absolute Gasteiger partial charge is 0.326 e. The average molecular weight is 780 g/mol. The fourth-order valence-electron chi connectivity index (χ4n) is 7.01. The van der Waals surface area contributed by atoms with Gasteiger partial charge in [0, 0.05) is 43.6 Å². The number of nitrogens with zero attached hydrogens (tertiary/aromatic N) is 1. The van der Waals surface area contributed by atoms with Crippen molar-refractivity contribution < 1.29 is 38.6 Å². The molecule has 0 radical (unpaired) electrons. The van der Waals surface area contributed by atoms with Gasteiger partial charge in [-0.25, -0.2) is 10.2 Å². The van der Waals surface area contributed by atoms with Gasteiger partial charge in [0.2, 0.25) is 17.7 Å². The van der Waals surface area contributed by atoms with Gasteiger partial charge in [0.1, 0.15) is 42.8 Å². The van der Waals surface area contributed by atoms with Crippen LogP contribution in [-0.4, -0.2) is 90.7 Å². The zero-order valence-corrected chi connectivity index (χ0v) is 32.9. The topological polar surface area (TPSA) is 227 Å². The number of carboxylic acids is 1. The molecule has 2 heterocycles. The molecular weight excluding hydrogens is 718 g/mol. The fourth-order valence-corrected chi connectivity index (χ4v) is 7.01. The second-order valence-electron chi connectivity index (χ2n) is 14.6. The van der Waals surface area contributed by atoms with E-state index in [4.69, 9.17) is 20.9 Å². The van der Waals surface area contributed by atoms with Crippen LogP contribution in [0.1, 0.15) is 108 Å². The Hall–Kier alpha value is -4.73. The van der Waals surface area contributed by atoms with Crippen molar-refractivity contribution in [2.45, 2.75) is 121 Å². The number of aliphatic carboxylic acids is 1. The van der Waals surface area contributed by atoms with Crippen molar-refractivity contribution in [2.75, 3.05) is 32.8 Å². The predicted molar refractivity (Wildman–Crippen MR) is 212 cm³/mol. The van der Waals surface area contributed by atoms with Crippen LogP contribution in [0.4, 0.5) is 0 Å². The van der Waals surface area contributed by atoms with Gasteiger partial charge in [-0.05, 0) is 48.7 Å². The van der Waals surface area contributed by atoms with Crippen LogP contribution in [-0.2, 0) is 30.4 Å². The monoisotopic (exact) mass is 779 g/mol. The third-order valence-corrected chi connectivity index (χ3v) is 10.1. The van der Waals surface area contributed by atoms with Gasteiger partial charge in [-0.3, -0.25) is 24.2 Å². The van der Waals surface area contributed by atoms with E-state index in [1.807, 2.05) is 0 Å². The molecule has 4 bridgehead atoms. The van der Waals surface area contributed by atoms with Gasteiger partial charge < -0.3 is 42.0 Å². The third kappa shape index (κ3) is 12.6. The Bertz CT molecular complexity index is 1640. The largest absolute Gasteiger partial charge is 0.492 e. The number of benzene rings is 2. The van der Waals surface area contributed by atoms with E-state index >= 15 is 0 Å². The van der Waals surface area contributed by atoms with Crippen LogP contribution in [0.25, 0.3) is 11.1 Å². The fraction of sp³-hybridized carbons (Fsp3) is 0.585. The first-order valence-corrected chi connectivity index (χ1v) is 20.2. The van der Waals surface area contributed by atoms with Crippen molar-refractivity contribution in [2.24, 2.45) is 11.5 Å². The highest BCUT2D eigenvalue weighted by atomic mass is 16.5. The molecule has 0 aromatic heterocycles. The number of unbranched alkanes of at least 4 members (excludes halogenated alkanes) is 10. The minimum atomic E-state index is -1.32. The lowest BCUT2D eigenvalue weighted by atomic mass is 9.94. The van der Waals surface area contributed by atoms with E-state index in [9.17, 15) is 29.1 Å². The number of hydrazine groups is 1. The molecule has 1 fully saturated rings. The van der Waals surface area contributed by atoms with Crippen LogP contribution < -0.4 is 42.3 Å². The molecule has 2 aromatic carbocycles. The van der Waals surface area contributed by atoms with E-state index in [2.05, 4.69) is 28.3 Å². The summed E-state index contributed by atoms with van der Waals surface area (Å²) < 4.78 is 12.0. The minimum Gasteiger partial charge on any atom is -0.492 e. The van der Waals surface area contributed by atoms with E-state index in [0.717, 1.165) is 19.3 Å². The molecule has 2 aliphatic heterocycles.